The smallest absolute Gasteiger partial charge is 0.234 e. The number of halogens is 1. The highest BCUT2D eigenvalue weighted by molar-refractivity contribution is 7.99. The Balaban J connectivity index is 1.32. The zero-order valence-electron chi connectivity index (χ0n) is 17.2. The van der Waals surface area contributed by atoms with E-state index >= 15 is 0 Å². The third-order valence-corrected chi connectivity index (χ3v) is 5.65. The van der Waals surface area contributed by atoms with Crippen molar-refractivity contribution in [3.63, 3.8) is 0 Å². The number of thioether (sulfide) groups is 1. The zero-order chi connectivity index (χ0) is 22.5. The van der Waals surface area contributed by atoms with Gasteiger partial charge in [-0.1, -0.05) is 53.2 Å². The van der Waals surface area contributed by atoms with Gasteiger partial charge < -0.3 is 15.9 Å². The van der Waals surface area contributed by atoms with Crippen molar-refractivity contribution in [3.05, 3.63) is 83.4 Å². The van der Waals surface area contributed by atoms with Crippen molar-refractivity contribution in [1.82, 2.24) is 14.9 Å². The summed E-state index contributed by atoms with van der Waals surface area (Å²) >= 11 is 7.22. The maximum Gasteiger partial charge on any atom is 0.234 e. The molecule has 7 nitrogen and oxygen atoms in total. The fourth-order valence-corrected chi connectivity index (χ4v) is 3.72. The lowest BCUT2D eigenvalue weighted by atomic mass is 10.2. The predicted octanol–water partition coefficient (Wildman–Crippen LogP) is 5.14. The first-order valence-corrected chi connectivity index (χ1v) is 11.1. The monoisotopic (exact) mass is 465 g/mol. The van der Waals surface area contributed by atoms with Gasteiger partial charge in [0.25, 0.3) is 0 Å². The van der Waals surface area contributed by atoms with E-state index in [-0.39, 0.29) is 11.7 Å². The average Bonchev–Trinajstić information content (AvgIpc) is 3.15. The van der Waals surface area contributed by atoms with E-state index in [4.69, 9.17) is 22.2 Å². The number of rotatable bonds is 7. The van der Waals surface area contributed by atoms with Crippen LogP contribution >= 0.6 is 23.4 Å². The Morgan fingerprint density at radius 2 is 1.75 bits per heavy atom. The molecule has 0 atom stereocenters. The van der Waals surface area contributed by atoms with Gasteiger partial charge in [0, 0.05) is 16.3 Å². The molecule has 0 aliphatic carbocycles. The topological polar surface area (TPSA) is 95.1 Å². The normalized spacial score (nSPS) is 10.7. The van der Waals surface area contributed by atoms with Gasteiger partial charge in [0.15, 0.2) is 5.82 Å². The minimum atomic E-state index is -0.186. The van der Waals surface area contributed by atoms with E-state index in [1.54, 1.807) is 36.4 Å². The van der Waals surface area contributed by atoms with Gasteiger partial charge in [-0.25, -0.2) is 4.68 Å². The van der Waals surface area contributed by atoms with E-state index in [2.05, 4.69) is 15.5 Å². The average molecular weight is 466 g/mol. The summed E-state index contributed by atoms with van der Waals surface area (Å²) in [4.78, 5) is 12.3. The molecule has 0 bridgehead atoms. The van der Waals surface area contributed by atoms with Crippen molar-refractivity contribution in [2.45, 2.75) is 12.1 Å². The number of ether oxygens (including phenoxy) is 1. The highest BCUT2D eigenvalue weighted by Gasteiger charge is 2.14. The molecule has 9 heteroatoms. The molecule has 1 aromatic heterocycles. The number of nitrogens with one attached hydrogen (secondary N) is 1. The Morgan fingerprint density at radius 1 is 1.06 bits per heavy atom. The van der Waals surface area contributed by atoms with Crippen LogP contribution in [0.4, 0.5) is 5.69 Å². The maximum atomic E-state index is 12.3. The first-order valence-electron chi connectivity index (χ1n) is 9.71. The third-order valence-electron chi connectivity index (χ3n) is 4.47. The molecule has 162 valence electrons. The molecule has 4 rings (SSSR count). The minimum absolute atomic E-state index is 0.131. The summed E-state index contributed by atoms with van der Waals surface area (Å²) in [7, 11) is 0. The van der Waals surface area contributed by atoms with Gasteiger partial charge in [-0.05, 0) is 55.5 Å². The lowest BCUT2D eigenvalue weighted by Gasteiger charge is -2.08. The number of hydrogen-bond acceptors (Lipinski definition) is 6. The molecule has 0 spiro atoms. The summed E-state index contributed by atoms with van der Waals surface area (Å²) in [6.45, 7) is 2.02. The summed E-state index contributed by atoms with van der Waals surface area (Å²) in [5.74, 6) is 7.95. The van der Waals surface area contributed by atoms with Crippen molar-refractivity contribution in [2.24, 2.45) is 0 Å². The number of aromatic nitrogens is 3. The highest BCUT2D eigenvalue weighted by Crippen LogP contribution is 2.25. The van der Waals surface area contributed by atoms with E-state index in [1.165, 1.54) is 22.0 Å². The molecular weight excluding hydrogens is 446 g/mol. The van der Waals surface area contributed by atoms with Gasteiger partial charge in [-0.2, -0.15) is 0 Å². The van der Waals surface area contributed by atoms with Crippen molar-refractivity contribution < 1.29 is 9.53 Å². The van der Waals surface area contributed by atoms with E-state index in [1.807, 2.05) is 43.3 Å². The highest BCUT2D eigenvalue weighted by atomic mass is 35.5. The van der Waals surface area contributed by atoms with Crippen molar-refractivity contribution >= 4 is 35.0 Å². The second kappa shape index (κ2) is 9.76. The van der Waals surface area contributed by atoms with Crippen molar-refractivity contribution in [2.75, 3.05) is 16.9 Å². The van der Waals surface area contributed by atoms with Crippen LogP contribution in [-0.2, 0) is 4.79 Å². The number of aryl methyl sites for hydroxylation is 1. The molecule has 3 aromatic carbocycles. The number of nitrogens with two attached hydrogens (primary N) is 1. The molecule has 0 aliphatic rings. The number of carbonyl (C=O) groups is 1. The molecule has 0 saturated carbocycles. The second-order valence-corrected chi connectivity index (χ2v) is 8.34. The van der Waals surface area contributed by atoms with Gasteiger partial charge in [0.2, 0.25) is 11.1 Å². The number of benzene rings is 3. The molecule has 0 aliphatic heterocycles. The van der Waals surface area contributed by atoms with E-state index in [0.717, 1.165) is 11.3 Å². The lowest BCUT2D eigenvalue weighted by molar-refractivity contribution is -0.113. The Bertz CT molecular complexity index is 1230. The molecule has 1 amide bonds. The van der Waals surface area contributed by atoms with Gasteiger partial charge >= 0.3 is 0 Å². The van der Waals surface area contributed by atoms with E-state index in [9.17, 15) is 4.79 Å². The number of hydrogen-bond donors (Lipinski definition) is 2. The van der Waals surface area contributed by atoms with Crippen LogP contribution in [0.25, 0.3) is 11.4 Å². The molecular formula is C23H20ClN5O2S. The Labute approximate surface area is 194 Å². The van der Waals surface area contributed by atoms with Crippen LogP contribution in [-0.4, -0.2) is 26.5 Å². The first-order chi connectivity index (χ1) is 15.5. The van der Waals surface area contributed by atoms with Gasteiger partial charge in [0.05, 0.1) is 5.75 Å². The standard InChI is InChI=1S/C23H20ClN5O2S/c1-15-5-9-19(10-6-15)31-20-11-7-18(8-12-20)26-21(30)14-32-23-28-27-22(29(23)25)16-3-2-4-17(24)13-16/h2-13H,14,25H2,1H3,(H,26,30). The van der Waals surface area contributed by atoms with Gasteiger partial charge in [0.1, 0.15) is 11.5 Å². The number of anilines is 1. The fraction of sp³-hybridized carbons (Fsp3) is 0.0870. The Kier molecular flexibility index (Phi) is 6.63. The largest absolute Gasteiger partial charge is 0.457 e. The lowest BCUT2D eigenvalue weighted by Crippen LogP contribution is -2.16. The van der Waals surface area contributed by atoms with E-state index < -0.39 is 0 Å². The molecule has 0 unspecified atom stereocenters. The van der Waals surface area contributed by atoms with Crippen LogP contribution in [0.2, 0.25) is 5.02 Å². The van der Waals surface area contributed by atoms with Crippen molar-refractivity contribution in [1.29, 1.82) is 0 Å². The summed E-state index contributed by atoms with van der Waals surface area (Å²) in [6, 6.07) is 22.1. The van der Waals surface area contributed by atoms with Crippen LogP contribution in [0.1, 0.15) is 5.56 Å². The molecule has 4 aromatic rings. The third kappa shape index (κ3) is 5.40. The molecule has 0 fully saturated rings. The quantitative estimate of drug-likeness (QED) is 0.289. The molecule has 3 N–H and O–H groups in total. The van der Waals surface area contributed by atoms with Crippen molar-refractivity contribution in [3.8, 4) is 22.9 Å². The summed E-state index contributed by atoms with van der Waals surface area (Å²) < 4.78 is 7.15. The van der Waals surface area contributed by atoms with Crippen LogP contribution in [0, 0.1) is 6.92 Å². The summed E-state index contributed by atoms with van der Waals surface area (Å²) in [5, 5.41) is 12.0. The maximum absolute atomic E-state index is 12.3. The first kappa shape index (κ1) is 21.7. The number of carbonyl (C=O) groups excluding carboxylic acids is 1. The van der Waals surface area contributed by atoms with Gasteiger partial charge in [-0.3, -0.25) is 4.79 Å². The zero-order valence-corrected chi connectivity index (χ0v) is 18.7. The van der Waals surface area contributed by atoms with Crippen LogP contribution < -0.4 is 15.9 Å². The molecule has 0 radical (unpaired) electrons. The number of amides is 1. The second-order valence-electron chi connectivity index (χ2n) is 6.96. The molecule has 1 heterocycles. The number of nitrogens with zero attached hydrogens (tertiary/aromatic N) is 3. The van der Waals surface area contributed by atoms with Gasteiger partial charge in [-0.15, -0.1) is 10.2 Å². The van der Waals surface area contributed by atoms with Crippen LogP contribution in [0.3, 0.4) is 0 Å². The molecule has 32 heavy (non-hydrogen) atoms. The van der Waals surface area contributed by atoms with E-state index in [0.29, 0.717) is 27.4 Å². The SMILES string of the molecule is Cc1ccc(Oc2ccc(NC(=O)CSc3nnc(-c4cccc(Cl)c4)n3N)cc2)cc1. The minimum Gasteiger partial charge on any atom is -0.457 e. The predicted molar refractivity (Wildman–Crippen MR) is 128 cm³/mol. The fourth-order valence-electron chi connectivity index (χ4n) is 2.88. The Morgan fingerprint density at radius 3 is 2.44 bits per heavy atom. The summed E-state index contributed by atoms with van der Waals surface area (Å²) in [6.07, 6.45) is 0. The van der Waals surface area contributed by atoms with Crippen LogP contribution in [0.5, 0.6) is 11.5 Å². The van der Waals surface area contributed by atoms with Crippen LogP contribution in [0.15, 0.2) is 78.0 Å². The Hall–Kier alpha value is -3.49. The number of nitrogen functional groups attached to an aromatic ring is 1. The molecule has 0 saturated heterocycles. The summed E-state index contributed by atoms with van der Waals surface area (Å²) in [5.41, 5.74) is 2.58.